The number of rotatable bonds is 5. The van der Waals surface area contributed by atoms with Gasteiger partial charge < -0.3 is 19.9 Å². The fourth-order valence-corrected chi connectivity index (χ4v) is 1.39. The zero-order valence-electron chi connectivity index (χ0n) is 10.4. The minimum absolute atomic E-state index is 0.447. The highest BCUT2D eigenvalue weighted by Gasteiger charge is 2.14. The number of carbonyl (C=O) groups is 1. The SMILES string of the molecule is COc1ccc(C=NNC(N)=O)c(OC)c1OC. The zero-order chi connectivity index (χ0) is 13.5. The standard InChI is InChI=1S/C11H15N3O4/c1-16-8-5-4-7(6-13-14-11(12)15)9(17-2)10(8)18-3/h4-6H,1-3H3,(H3,12,14,15). The van der Waals surface area contributed by atoms with Gasteiger partial charge in [-0.15, -0.1) is 0 Å². The minimum atomic E-state index is -0.745. The van der Waals surface area contributed by atoms with Gasteiger partial charge in [-0.2, -0.15) is 5.10 Å². The average Bonchev–Trinajstić information content (AvgIpc) is 2.37. The predicted octanol–water partition coefficient (Wildman–Crippen LogP) is 0.715. The number of nitrogens with one attached hydrogen (secondary N) is 1. The molecule has 0 saturated carbocycles. The Hall–Kier alpha value is -2.44. The van der Waals surface area contributed by atoms with E-state index in [1.54, 1.807) is 12.1 Å². The van der Waals surface area contributed by atoms with E-state index < -0.39 is 6.03 Å². The molecule has 0 aliphatic heterocycles. The van der Waals surface area contributed by atoms with Crippen LogP contribution in [0.3, 0.4) is 0 Å². The normalized spacial score (nSPS) is 10.2. The van der Waals surface area contributed by atoms with E-state index in [0.29, 0.717) is 22.8 Å². The van der Waals surface area contributed by atoms with Crippen LogP contribution in [0.4, 0.5) is 4.79 Å². The van der Waals surface area contributed by atoms with Crippen LogP contribution in [0.1, 0.15) is 5.56 Å². The molecular formula is C11H15N3O4. The largest absolute Gasteiger partial charge is 0.493 e. The Morgan fingerprint density at radius 3 is 2.39 bits per heavy atom. The van der Waals surface area contributed by atoms with Gasteiger partial charge in [-0.25, -0.2) is 10.2 Å². The van der Waals surface area contributed by atoms with Gasteiger partial charge in [0.05, 0.1) is 27.5 Å². The summed E-state index contributed by atoms with van der Waals surface area (Å²) in [7, 11) is 4.53. The summed E-state index contributed by atoms with van der Waals surface area (Å²) in [6.07, 6.45) is 1.39. The van der Waals surface area contributed by atoms with Crippen molar-refractivity contribution in [2.45, 2.75) is 0 Å². The summed E-state index contributed by atoms with van der Waals surface area (Å²) in [5.74, 6) is 1.43. The number of hydrogen-bond acceptors (Lipinski definition) is 5. The molecule has 1 rings (SSSR count). The number of amides is 2. The number of hydrogen-bond donors (Lipinski definition) is 2. The Kier molecular flexibility index (Phi) is 4.79. The van der Waals surface area contributed by atoms with Crippen molar-refractivity contribution in [1.29, 1.82) is 0 Å². The molecule has 1 aromatic rings. The van der Waals surface area contributed by atoms with Gasteiger partial charge in [-0.3, -0.25) is 0 Å². The molecule has 7 heteroatoms. The van der Waals surface area contributed by atoms with Crippen LogP contribution in [-0.4, -0.2) is 33.6 Å². The molecule has 0 radical (unpaired) electrons. The fraction of sp³-hybridized carbons (Fsp3) is 0.273. The Morgan fingerprint density at radius 2 is 1.89 bits per heavy atom. The molecule has 7 nitrogen and oxygen atoms in total. The lowest BCUT2D eigenvalue weighted by atomic mass is 10.2. The smallest absolute Gasteiger partial charge is 0.332 e. The van der Waals surface area contributed by atoms with Crippen molar-refractivity contribution >= 4 is 12.2 Å². The number of methoxy groups -OCH3 is 3. The van der Waals surface area contributed by atoms with Crippen LogP contribution in [0.2, 0.25) is 0 Å². The molecule has 0 bridgehead atoms. The van der Waals surface area contributed by atoms with Crippen molar-refractivity contribution in [1.82, 2.24) is 5.43 Å². The molecule has 0 atom stereocenters. The van der Waals surface area contributed by atoms with Crippen molar-refractivity contribution in [2.75, 3.05) is 21.3 Å². The van der Waals surface area contributed by atoms with Crippen LogP contribution >= 0.6 is 0 Å². The maximum Gasteiger partial charge on any atom is 0.332 e. The lowest BCUT2D eigenvalue weighted by molar-refractivity contribution is 0.249. The number of carbonyl (C=O) groups excluding carboxylic acids is 1. The van der Waals surface area contributed by atoms with E-state index in [4.69, 9.17) is 19.9 Å². The van der Waals surface area contributed by atoms with Gasteiger partial charge in [0.15, 0.2) is 11.5 Å². The summed E-state index contributed by atoms with van der Waals surface area (Å²) in [6.45, 7) is 0. The summed E-state index contributed by atoms with van der Waals surface area (Å²) in [4.78, 5) is 10.5. The van der Waals surface area contributed by atoms with Gasteiger partial charge >= 0.3 is 6.03 Å². The highest BCUT2D eigenvalue weighted by Crippen LogP contribution is 2.38. The van der Waals surface area contributed by atoms with Gasteiger partial charge in [0, 0.05) is 5.56 Å². The van der Waals surface area contributed by atoms with E-state index in [1.807, 2.05) is 0 Å². The van der Waals surface area contributed by atoms with Crippen LogP contribution in [0, 0.1) is 0 Å². The molecule has 0 aliphatic carbocycles. The van der Waals surface area contributed by atoms with Crippen LogP contribution in [0.5, 0.6) is 17.2 Å². The molecular weight excluding hydrogens is 238 g/mol. The summed E-state index contributed by atoms with van der Waals surface area (Å²) in [5.41, 5.74) is 7.60. The van der Waals surface area contributed by atoms with Crippen molar-refractivity contribution in [3.63, 3.8) is 0 Å². The zero-order valence-corrected chi connectivity index (χ0v) is 10.4. The maximum absolute atomic E-state index is 10.5. The van der Waals surface area contributed by atoms with Crippen LogP contribution in [-0.2, 0) is 0 Å². The first kappa shape index (κ1) is 13.6. The van der Waals surface area contributed by atoms with E-state index in [-0.39, 0.29) is 0 Å². The van der Waals surface area contributed by atoms with E-state index in [2.05, 4.69) is 10.5 Å². The Labute approximate surface area is 105 Å². The van der Waals surface area contributed by atoms with Gasteiger partial charge in [0.1, 0.15) is 0 Å². The van der Waals surface area contributed by atoms with Crippen molar-refractivity contribution in [3.05, 3.63) is 17.7 Å². The van der Waals surface area contributed by atoms with E-state index in [0.717, 1.165) is 0 Å². The number of nitrogens with two attached hydrogens (primary N) is 1. The molecule has 18 heavy (non-hydrogen) atoms. The molecule has 0 saturated heterocycles. The van der Waals surface area contributed by atoms with Crippen LogP contribution < -0.4 is 25.4 Å². The summed E-state index contributed by atoms with van der Waals surface area (Å²) >= 11 is 0. The third-order valence-corrected chi connectivity index (χ3v) is 2.11. The first-order chi connectivity index (χ1) is 8.63. The highest BCUT2D eigenvalue weighted by molar-refractivity contribution is 5.87. The second-order valence-electron chi connectivity index (χ2n) is 3.16. The molecule has 3 N–H and O–H groups in total. The molecule has 0 unspecified atom stereocenters. The number of ether oxygens (including phenoxy) is 3. The van der Waals surface area contributed by atoms with Crippen molar-refractivity contribution < 1.29 is 19.0 Å². The number of nitrogens with zero attached hydrogens (tertiary/aromatic N) is 1. The predicted molar refractivity (Wildman–Crippen MR) is 66.4 cm³/mol. The summed E-state index contributed by atoms with van der Waals surface area (Å²) in [5, 5.41) is 3.65. The lowest BCUT2D eigenvalue weighted by Gasteiger charge is -2.13. The molecule has 0 aliphatic rings. The van der Waals surface area contributed by atoms with Crippen LogP contribution in [0.25, 0.3) is 0 Å². The maximum atomic E-state index is 10.5. The summed E-state index contributed by atoms with van der Waals surface area (Å²) in [6, 6.07) is 2.67. The number of benzene rings is 1. The van der Waals surface area contributed by atoms with Gasteiger partial charge in [-0.1, -0.05) is 0 Å². The number of hydrazone groups is 1. The minimum Gasteiger partial charge on any atom is -0.493 e. The van der Waals surface area contributed by atoms with Crippen molar-refractivity contribution in [2.24, 2.45) is 10.8 Å². The van der Waals surface area contributed by atoms with Gasteiger partial charge in [0.25, 0.3) is 0 Å². The Bertz CT molecular complexity index is 460. The monoisotopic (exact) mass is 253 g/mol. The average molecular weight is 253 g/mol. The Morgan fingerprint density at radius 1 is 1.22 bits per heavy atom. The van der Waals surface area contributed by atoms with Crippen LogP contribution in [0.15, 0.2) is 17.2 Å². The van der Waals surface area contributed by atoms with E-state index in [1.165, 1.54) is 27.5 Å². The van der Waals surface area contributed by atoms with Gasteiger partial charge in [0.2, 0.25) is 5.75 Å². The third-order valence-electron chi connectivity index (χ3n) is 2.11. The molecule has 0 heterocycles. The lowest BCUT2D eigenvalue weighted by Crippen LogP contribution is -2.24. The summed E-state index contributed by atoms with van der Waals surface area (Å²) < 4.78 is 15.6. The first-order valence-corrected chi connectivity index (χ1v) is 5.01. The Balaban J connectivity index is 3.12. The first-order valence-electron chi connectivity index (χ1n) is 5.01. The molecule has 0 fully saturated rings. The molecule has 98 valence electrons. The van der Waals surface area contributed by atoms with E-state index >= 15 is 0 Å². The number of primary amides is 1. The topological polar surface area (TPSA) is 95.2 Å². The third kappa shape index (κ3) is 3.03. The second-order valence-corrected chi connectivity index (χ2v) is 3.16. The van der Waals surface area contributed by atoms with E-state index in [9.17, 15) is 4.79 Å². The van der Waals surface area contributed by atoms with Gasteiger partial charge in [-0.05, 0) is 12.1 Å². The molecule has 1 aromatic carbocycles. The fourth-order valence-electron chi connectivity index (χ4n) is 1.39. The molecule has 0 spiro atoms. The quantitative estimate of drug-likeness (QED) is 0.597. The second kappa shape index (κ2) is 6.33. The number of urea groups is 1. The van der Waals surface area contributed by atoms with Crippen molar-refractivity contribution in [3.8, 4) is 17.2 Å². The highest BCUT2D eigenvalue weighted by atomic mass is 16.5. The molecule has 0 aromatic heterocycles. The molecule has 2 amide bonds.